The molecule has 0 spiro atoms. The van der Waals surface area contributed by atoms with E-state index in [1.54, 1.807) is 36.5 Å². The standard InChI is InChI=1S/C23H20ClFN4O/c24-17-7-5-8-18(25)16(17)15-29-21-11-2-1-9-19(21)28-22(29)12-6-14-27-23(30)20-10-3-4-13-26-20/h1-5,7-11,13H,6,12,14-15H2,(H,27,30). The molecule has 2 aromatic heterocycles. The second-order valence-electron chi connectivity index (χ2n) is 6.88. The van der Waals surface area contributed by atoms with Crippen molar-refractivity contribution in [1.29, 1.82) is 0 Å². The Morgan fingerprint density at radius 1 is 1.07 bits per heavy atom. The van der Waals surface area contributed by atoms with Crippen LogP contribution in [0.1, 0.15) is 28.3 Å². The number of aromatic nitrogens is 3. The van der Waals surface area contributed by atoms with E-state index in [2.05, 4.69) is 10.3 Å². The van der Waals surface area contributed by atoms with Crippen LogP contribution in [0.25, 0.3) is 11.0 Å². The second-order valence-corrected chi connectivity index (χ2v) is 7.28. The summed E-state index contributed by atoms with van der Waals surface area (Å²) in [6.07, 6.45) is 2.90. The summed E-state index contributed by atoms with van der Waals surface area (Å²) in [7, 11) is 0. The second kappa shape index (κ2) is 9.05. The van der Waals surface area contributed by atoms with Crippen LogP contribution < -0.4 is 5.32 Å². The van der Waals surface area contributed by atoms with Gasteiger partial charge in [0.25, 0.3) is 5.91 Å². The average molecular weight is 423 g/mol. The zero-order valence-corrected chi connectivity index (χ0v) is 16.9. The average Bonchev–Trinajstić information content (AvgIpc) is 3.11. The van der Waals surface area contributed by atoms with Gasteiger partial charge in [-0.3, -0.25) is 9.78 Å². The number of imidazole rings is 1. The zero-order valence-electron chi connectivity index (χ0n) is 16.2. The van der Waals surface area contributed by atoms with E-state index in [0.29, 0.717) is 42.2 Å². The highest BCUT2D eigenvalue weighted by molar-refractivity contribution is 6.31. The third kappa shape index (κ3) is 4.33. The fourth-order valence-electron chi connectivity index (χ4n) is 3.37. The topological polar surface area (TPSA) is 59.8 Å². The number of nitrogens with zero attached hydrogens (tertiary/aromatic N) is 3. The molecule has 4 rings (SSSR count). The number of para-hydroxylation sites is 2. The van der Waals surface area contributed by atoms with Crippen LogP contribution in [0.5, 0.6) is 0 Å². The number of aryl methyl sites for hydroxylation is 1. The Hall–Kier alpha value is -3.25. The van der Waals surface area contributed by atoms with Crippen LogP contribution in [-0.2, 0) is 13.0 Å². The smallest absolute Gasteiger partial charge is 0.269 e. The minimum absolute atomic E-state index is 0.206. The van der Waals surface area contributed by atoms with Gasteiger partial charge in [0.05, 0.1) is 17.6 Å². The van der Waals surface area contributed by atoms with Gasteiger partial charge in [0, 0.05) is 29.7 Å². The van der Waals surface area contributed by atoms with Crippen LogP contribution >= 0.6 is 11.6 Å². The van der Waals surface area contributed by atoms with Crippen molar-refractivity contribution in [2.75, 3.05) is 6.54 Å². The monoisotopic (exact) mass is 422 g/mol. The molecule has 4 aromatic rings. The number of amides is 1. The Bertz CT molecular complexity index is 1160. The number of hydrogen-bond donors (Lipinski definition) is 1. The lowest BCUT2D eigenvalue weighted by molar-refractivity contribution is 0.0948. The first-order valence-electron chi connectivity index (χ1n) is 9.70. The number of hydrogen-bond acceptors (Lipinski definition) is 3. The molecule has 0 unspecified atom stereocenters. The van der Waals surface area contributed by atoms with Crippen molar-refractivity contribution in [2.24, 2.45) is 0 Å². The molecule has 0 aliphatic carbocycles. The molecule has 152 valence electrons. The number of nitrogens with one attached hydrogen (secondary N) is 1. The predicted octanol–water partition coefficient (Wildman–Crippen LogP) is 4.63. The maximum absolute atomic E-state index is 14.4. The van der Waals surface area contributed by atoms with Crippen molar-refractivity contribution in [3.05, 3.63) is 94.8 Å². The molecule has 0 saturated carbocycles. The number of carbonyl (C=O) groups is 1. The van der Waals surface area contributed by atoms with Gasteiger partial charge >= 0.3 is 0 Å². The van der Waals surface area contributed by atoms with Crippen molar-refractivity contribution in [2.45, 2.75) is 19.4 Å². The van der Waals surface area contributed by atoms with E-state index in [0.717, 1.165) is 16.9 Å². The molecule has 0 saturated heterocycles. The first kappa shape index (κ1) is 20.0. The molecule has 0 fully saturated rings. The summed E-state index contributed by atoms with van der Waals surface area (Å²) in [5.41, 5.74) is 2.59. The van der Waals surface area contributed by atoms with E-state index in [1.165, 1.54) is 6.07 Å². The Kier molecular flexibility index (Phi) is 6.05. The minimum Gasteiger partial charge on any atom is -0.351 e. The highest BCUT2D eigenvalue weighted by atomic mass is 35.5. The molecule has 2 heterocycles. The van der Waals surface area contributed by atoms with Gasteiger partial charge in [-0.2, -0.15) is 0 Å². The molecule has 2 aromatic carbocycles. The van der Waals surface area contributed by atoms with E-state index in [-0.39, 0.29) is 11.7 Å². The molecule has 30 heavy (non-hydrogen) atoms. The third-order valence-electron chi connectivity index (χ3n) is 4.87. The van der Waals surface area contributed by atoms with E-state index in [1.807, 2.05) is 28.8 Å². The molecule has 0 atom stereocenters. The van der Waals surface area contributed by atoms with E-state index in [4.69, 9.17) is 16.6 Å². The van der Waals surface area contributed by atoms with Gasteiger partial charge in [0.2, 0.25) is 0 Å². The summed E-state index contributed by atoms with van der Waals surface area (Å²) in [5.74, 6) is 0.277. The molecule has 5 nitrogen and oxygen atoms in total. The first-order valence-corrected chi connectivity index (χ1v) is 10.1. The molecule has 1 amide bonds. The Balaban J connectivity index is 1.50. The number of pyridine rings is 1. The normalized spacial score (nSPS) is 11.0. The van der Waals surface area contributed by atoms with Gasteiger partial charge in [-0.05, 0) is 42.8 Å². The van der Waals surface area contributed by atoms with Crippen molar-refractivity contribution >= 4 is 28.5 Å². The Labute approximate surface area is 178 Å². The highest BCUT2D eigenvalue weighted by Crippen LogP contribution is 2.24. The number of rotatable bonds is 7. The molecule has 7 heteroatoms. The number of carbonyl (C=O) groups excluding carboxylic acids is 1. The van der Waals surface area contributed by atoms with Gasteiger partial charge < -0.3 is 9.88 Å². The zero-order chi connectivity index (χ0) is 20.9. The summed E-state index contributed by atoms with van der Waals surface area (Å²) < 4.78 is 16.3. The summed E-state index contributed by atoms with van der Waals surface area (Å²) in [6, 6.07) is 17.7. The van der Waals surface area contributed by atoms with Crippen LogP contribution in [0.15, 0.2) is 66.9 Å². The van der Waals surface area contributed by atoms with Crippen LogP contribution in [-0.4, -0.2) is 27.0 Å². The summed E-state index contributed by atoms with van der Waals surface area (Å²) in [6.45, 7) is 0.778. The maximum atomic E-state index is 14.4. The molecule has 1 N–H and O–H groups in total. The van der Waals surface area contributed by atoms with Gasteiger partial charge in [-0.25, -0.2) is 9.37 Å². The SMILES string of the molecule is O=C(NCCCc1nc2ccccc2n1Cc1c(F)cccc1Cl)c1ccccn1. The van der Waals surface area contributed by atoms with E-state index < -0.39 is 0 Å². The predicted molar refractivity (Wildman–Crippen MR) is 115 cm³/mol. The maximum Gasteiger partial charge on any atom is 0.269 e. The van der Waals surface area contributed by atoms with Crippen LogP contribution in [0.3, 0.4) is 0 Å². The lowest BCUT2D eigenvalue weighted by Crippen LogP contribution is -2.25. The fourth-order valence-corrected chi connectivity index (χ4v) is 3.59. The number of fused-ring (bicyclic) bond motifs is 1. The van der Waals surface area contributed by atoms with E-state index >= 15 is 0 Å². The van der Waals surface area contributed by atoms with Gasteiger partial charge in [0.1, 0.15) is 17.3 Å². The lowest BCUT2D eigenvalue weighted by Gasteiger charge is -2.12. The molecular weight excluding hydrogens is 403 g/mol. The summed E-state index contributed by atoms with van der Waals surface area (Å²) in [5, 5.41) is 3.26. The van der Waals surface area contributed by atoms with Crippen LogP contribution in [0.4, 0.5) is 4.39 Å². The number of benzene rings is 2. The minimum atomic E-state index is -0.339. The Morgan fingerprint density at radius 3 is 2.70 bits per heavy atom. The quantitative estimate of drug-likeness (QED) is 0.441. The van der Waals surface area contributed by atoms with Crippen molar-refractivity contribution in [3.8, 4) is 0 Å². The van der Waals surface area contributed by atoms with Crippen molar-refractivity contribution in [1.82, 2.24) is 19.9 Å². The van der Waals surface area contributed by atoms with Crippen LogP contribution in [0.2, 0.25) is 5.02 Å². The summed E-state index contributed by atoms with van der Waals surface area (Å²) in [4.78, 5) is 20.9. The highest BCUT2D eigenvalue weighted by Gasteiger charge is 2.15. The van der Waals surface area contributed by atoms with Crippen LogP contribution in [0, 0.1) is 5.82 Å². The molecule has 0 bridgehead atoms. The molecular formula is C23H20ClFN4O. The molecule has 0 aliphatic heterocycles. The van der Waals surface area contributed by atoms with E-state index in [9.17, 15) is 9.18 Å². The van der Waals surface area contributed by atoms with Gasteiger partial charge in [-0.15, -0.1) is 0 Å². The summed E-state index contributed by atoms with van der Waals surface area (Å²) >= 11 is 6.24. The number of halogens is 2. The third-order valence-corrected chi connectivity index (χ3v) is 5.23. The largest absolute Gasteiger partial charge is 0.351 e. The molecule has 0 aliphatic rings. The van der Waals surface area contributed by atoms with Gasteiger partial charge in [0.15, 0.2) is 0 Å². The van der Waals surface area contributed by atoms with Crippen molar-refractivity contribution in [3.63, 3.8) is 0 Å². The molecule has 0 radical (unpaired) electrons. The fraction of sp³-hybridized carbons (Fsp3) is 0.174. The van der Waals surface area contributed by atoms with Gasteiger partial charge in [-0.1, -0.05) is 35.9 Å². The lowest BCUT2D eigenvalue weighted by atomic mass is 10.2. The Morgan fingerprint density at radius 2 is 1.90 bits per heavy atom. The first-order chi connectivity index (χ1) is 14.6. The van der Waals surface area contributed by atoms with Crippen molar-refractivity contribution < 1.29 is 9.18 Å².